The van der Waals surface area contributed by atoms with Crippen molar-refractivity contribution in [3.8, 4) is 10.7 Å². The van der Waals surface area contributed by atoms with Gasteiger partial charge >= 0.3 is 0 Å². The smallest absolute Gasteiger partial charge is 0.142 e. The van der Waals surface area contributed by atoms with E-state index in [1.54, 1.807) is 11.3 Å². The fourth-order valence-corrected chi connectivity index (χ4v) is 2.34. The van der Waals surface area contributed by atoms with E-state index in [9.17, 15) is 0 Å². The number of aryl methyl sites for hydroxylation is 2. The zero-order valence-corrected chi connectivity index (χ0v) is 9.64. The number of thiazole rings is 1. The average Bonchev–Trinajstić information content (AvgIpc) is 2.66. The van der Waals surface area contributed by atoms with Crippen LogP contribution in [0.3, 0.4) is 0 Å². The van der Waals surface area contributed by atoms with E-state index in [0.717, 1.165) is 22.0 Å². The Balaban J connectivity index is 2.44. The molecule has 2 heterocycles. The molecule has 3 nitrogen and oxygen atoms in total. The number of nitrogens with two attached hydrogens (primary N) is 1. The van der Waals surface area contributed by atoms with E-state index >= 15 is 0 Å². The molecule has 0 aliphatic carbocycles. The fourth-order valence-electron chi connectivity index (χ4n) is 1.45. The lowest BCUT2D eigenvalue weighted by Crippen LogP contribution is -1.96. The molecule has 0 atom stereocenters. The summed E-state index contributed by atoms with van der Waals surface area (Å²) in [4.78, 5) is 8.82. The Morgan fingerprint density at radius 1 is 1.40 bits per heavy atom. The number of nitrogens with zero attached hydrogens (tertiary/aromatic N) is 2. The van der Waals surface area contributed by atoms with Gasteiger partial charge in [0.1, 0.15) is 10.7 Å². The van der Waals surface area contributed by atoms with Crippen LogP contribution in [0, 0.1) is 13.8 Å². The third-order valence-electron chi connectivity index (χ3n) is 2.18. The van der Waals surface area contributed by atoms with Gasteiger partial charge in [0.05, 0.1) is 5.69 Å². The molecule has 0 saturated carbocycles. The van der Waals surface area contributed by atoms with Crippen molar-refractivity contribution in [2.45, 2.75) is 20.4 Å². The molecular weight excluding hydrogens is 206 g/mol. The zero-order valence-electron chi connectivity index (χ0n) is 8.82. The Labute approximate surface area is 93.0 Å². The van der Waals surface area contributed by atoms with Crippen molar-refractivity contribution in [3.63, 3.8) is 0 Å². The molecule has 2 aromatic rings. The van der Waals surface area contributed by atoms with Gasteiger partial charge < -0.3 is 5.73 Å². The second-order valence-corrected chi connectivity index (χ2v) is 4.38. The first-order valence-corrected chi connectivity index (χ1v) is 5.67. The SMILES string of the molecule is Cc1cnc(-c2nc(CN)cs2)c(C)c1. The fraction of sp³-hybridized carbons (Fsp3) is 0.273. The predicted octanol–water partition coefficient (Wildman–Crippen LogP) is 2.28. The van der Waals surface area contributed by atoms with Crippen molar-refractivity contribution in [2.75, 3.05) is 0 Å². The highest BCUT2D eigenvalue weighted by Gasteiger charge is 2.08. The molecular formula is C11H13N3S. The number of aromatic nitrogens is 2. The highest BCUT2D eigenvalue weighted by Crippen LogP contribution is 2.24. The van der Waals surface area contributed by atoms with Crippen molar-refractivity contribution in [2.24, 2.45) is 5.73 Å². The van der Waals surface area contributed by atoms with Crippen LogP contribution in [0.2, 0.25) is 0 Å². The van der Waals surface area contributed by atoms with E-state index in [1.165, 1.54) is 5.56 Å². The summed E-state index contributed by atoms with van der Waals surface area (Å²) in [5, 5.41) is 2.93. The lowest BCUT2D eigenvalue weighted by atomic mass is 10.2. The monoisotopic (exact) mass is 219 g/mol. The van der Waals surface area contributed by atoms with Crippen molar-refractivity contribution in [1.29, 1.82) is 0 Å². The van der Waals surface area contributed by atoms with E-state index < -0.39 is 0 Å². The lowest BCUT2D eigenvalue weighted by Gasteiger charge is -2.01. The molecule has 0 aromatic carbocycles. The van der Waals surface area contributed by atoms with Crippen molar-refractivity contribution in [3.05, 3.63) is 34.5 Å². The second-order valence-electron chi connectivity index (χ2n) is 3.53. The van der Waals surface area contributed by atoms with Crippen LogP contribution in [-0.2, 0) is 6.54 Å². The Bertz CT molecular complexity index is 476. The predicted molar refractivity (Wildman–Crippen MR) is 62.7 cm³/mol. The Hall–Kier alpha value is -1.26. The Morgan fingerprint density at radius 2 is 2.20 bits per heavy atom. The molecule has 2 rings (SSSR count). The van der Waals surface area contributed by atoms with Crippen LogP contribution >= 0.6 is 11.3 Å². The molecule has 0 amide bonds. The first-order chi connectivity index (χ1) is 7.20. The molecule has 0 unspecified atom stereocenters. The highest BCUT2D eigenvalue weighted by atomic mass is 32.1. The lowest BCUT2D eigenvalue weighted by molar-refractivity contribution is 1.01. The van der Waals surface area contributed by atoms with Gasteiger partial charge in [-0.2, -0.15) is 0 Å². The summed E-state index contributed by atoms with van der Waals surface area (Å²) >= 11 is 1.59. The summed E-state index contributed by atoms with van der Waals surface area (Å²) in [6.07, 6.45) is 1.87. The van der Waals surface area contributed by atoms with Crippen LogP contribution in [0.15, 0.2) is 17.6 Å². The summed E-state index contributed by atoms with van der Waals surface area (Å²) in [5.41, 5.74) is 9.75. The van der Waals surface area contributed by atoms with Crippen LogP contribution in [0.1, 0.15) is 16.8 Å². The van der Waals surface area contributed by atoms with Crippen LogP contribution < -0.4 is 5.73 Å². The normalized spacial score (nSPS) is 10.6. The van der Waals surface area contributed by atoms with Crippen LogP contribution in [0.4, 0.5) is 0 Å². The Kier molecular flexibility index (Phi) is 2.79. The summed E-state index contributed by atoms with van der Waals surface area (Å²) < 4.78 is 0. The molecule has 0 aliphatic heterocycles. The van der Waals surface area contributed by atoms with Gasteiger partial charge in [-0.1, -0.05) is 6.07 Å². The van der Waals surface area contributed by atoms with Gasteiger partial charge in [0, 0.05) is 18.1 Å². The van der Waals surface area contributed by atoms with Crippen LogP contribution in [0.25, 0.3) is 10.7 Å². The van der Waals surface area contributed by atoms with Gasteiger partial charge in [-0.05, 0) is 25.0 Å². The van der Waals surface area contributed by atoms with E-state index in [4.69, 9.17) is 5.73 Å². The number of rotatable bonds is 2. The van der Waals surface area contributed by atoms with Gasteiger partial charge in [0.25, 0.3) is 0 Å². The summed E-state index contributed by atoms with van der Waals surface area (Å²) in [6, 6.07) is 2.12. The molecule has 0 saturated heterocycles. The minimum atomic E-state index is 0.488. The first kappa shape index (κ1) is 10.3. The first-order valence-electron chi connectivity index (χ1n) is 4.79. The largest absolute Gasteiger partial charge is 0.325 e. The number of hydrogen-bond donors (Lipinski definition) is 1. The molecule has 4 heteroatoms. The summed E-state index contributed by atoms with van der Waals surface area (Å²) in [7, 11) is 0. The number of hydrogen-bond acceptors (Lipinski definition) is 4. The molecule has 0 bridgehead atoms. The maximum atomic E-state index is 5.53. The maximum Gasteiger partial charge on any atom is 0.142 e. The van der Waals surface area contributed by atoms with Crippen molar-refractivity contribution >= 4 is 11.3 Å². The topological polar surface area (TPSA) is 51.8 Å². The second kappa shape index (κ2) is 4.08. The Morgan fingerprint density at radius 3 is 2.80 bits per heavy atom. The maximum absolute atomic E-state index is 5.53. The molecule has 2 N–H and O–H groups in total. The highest BCUT2D eigenvalue weighted by molar-refractivity contribution is 7.13. The quantitative estimate of drug-likeness (QED) is 0.843. The van der Waals surface area contributed by atoms with Gasteiger partial charge in [-0.3, -0.25) is 4.98 Å². The molecule has 0 radical (unpaired) electrons. The minimum absolute atomic E-state index is 0.488. The third kappa shape index (κ3) is 2.06. The third-order valence-corrected chi connectivity index (χ3v) is 3.08. The zero-order chi connectivity index (χ0) is 10.8. The standard InChI is InChI=1S/C11H13N3S/c1-7-3-8(2)10(13-5-7)11-14-9(4-12)6-15-11/h3,5-6H,4,12H2,1-2H3. The van der Waals surface area contributed by atoms with E-state index in [-0.39, 0.29) is 0 Å². The van der Waals surface area contributed by atoms with Gasteiger partial charge in [0.2, 0.25) is 0 Å². The molecule has 0 aliphatic rings. The van der Waals surface area contributed by atoms with Gasteiger partial charge in [-0.25, -0.2) is 4.98 Å². The van der Waals surface area contributed by atoms with Crippen LogP contribution in [-0.4, -0.2) is 9.97 Å². The van der Waals surface area contributed by atoms with Crippen molar-refractivity contribution < 1.29 is 0 Å². The molecule has 15 heavy (non-hydrogen) atoms. The molecule has 2 aromatic heterocycles. The van der Waals surface area contributed by atoms with E-state index in [1.807, 2.05) is 18.5 Å². The summed E-state index contributed by atoms with van der Waals surface area (Å²) in [6.45, 7) is 4.58. The average molecular weight is 219 g/mol. The molecule has 0 fully saturated rings. The molecule has 78 valence electrons. The number of pyridine rings is 1. The summed E-state index contributed by atoms with van der Waals surface area (Å²) in [5.74, 6) is 0. The molecule has 0 spiro atoms. The van der Waals surface area contributed by atoms with Gasteiger partial charge in [0.15, 0.2) is 0 Å². The minimum Gasteiger partial charge on any atom is -0.325 e. The van der Waals surface area contributed by atoms with E-state index in [0.29, 0.717) is 6.54 Å². The van der Waals surface area contributed by atoms with Gasteiger partial charge in [-0.15, -0.1) is 11.3 Å². The van der Waals surface area contributed by atoms with E-state index in [2.05, 4.69) is 23.0 Å². The van der Waals surface area contributed by atoms with Crippen LogP contribution in [0.5, 0.6) is 0 Å². The van der Waals surface area contributed by atoms with Crippen molar-refractivity contribution in [1.82, 2.24) is 9.97 Å².